The predicted molar refractivity (Wildman–Crippen MR) is 284 cm³/mol. The lowest BCUT2D eigenvalue weighted by Gasteiger charge is -2.33. The van der Waals surface area contributed by atoms with Crippen molar-refractivity contribution in [3.05, 3.63) is 177 Å². The number of Topliss-reactive ketones (excluding diaryl/α,β-unsaturated/α-hetero) is 1. The first-order chi connectivity index (χ1) is 35.3. The van der Waals surface area contributed by atoms with Gasteiger partial charge in [-0.25, -0.2) is 8.78 Å². The smallest absolute Gasteiger partial charge is 0.306 e. The Hall–Kier alpha value is -6.51. The van der Waals surface area contributed by atoms with E-state index in [-0.39, 0.29) is 54.6 Å². The van der Waals surface area contributed by atoms with E-state index in [9.17, 15) is 26.0 Å². The maximum absolute atomic E-state index is 15.2. The average molecular weight is 1040 g/mol. The van der Waals surface area contributed by atoms with E-state index in [1.54, 1.807) is 26.0 Å². The number of nitrogens with zero attached hydrogens (tertiary/aromatic N) is 1. The number of hydrogen-bond donors (Lipinski definition) is 0. The van der Waals surface area contributed by atoms with Gasteiger partial charge in [0.1, 0.15) is 23.7 Å². The van der Waals surface area contributed by atoms with Crippen LogP contribution in [0.3, 0.4) is 0 Å². The number of rotatable bonds is 15. The molecule has 0 N–H and O–H groups in total. The van der Waals surface area contributed by atoms with Crippen LogP contribution in [0.15, 0.2) is 121 Å². The standard InChI is InChI=1S/C28H28F2O3.C28H28O4.C4H10F3NS/c1-4-32-26(31)14-12-20-11-13-24-23(15-20)28(29,30)17-25(33-24)21-9-6-10-22(16-21)27-18(2)7-5-8-19(27)3;1-4-31-27(30)14-12-20-11-13-25-23(15-20)24(29)17-26(32-25)21-9-6-10-22(16-21)28-18(2)7-5-8-19(28)3;1-3-8(4-2)9(5,6)7/h5-11,13,15-16,25H,4,12,14,17H2,1-3H3;5-11,13,15-16,26H,4,12,14,17H2,1-3H3;3-4H2,1-2H3. The Morgan fingerprint density at radius 3 is 1.51 bits per heavy atom. The van der Waals surface area contributed by atoms with Crippen molar-refractivity contribution in [3.8, 4) is 33.8 Å². The third-order valence-electron chi connectivity index (χ3n) is 13.0. The topological polar surface area (TPSA) is 91.4 Å². The minimum absolute atomic E-state index is 0.0618. The van der Waals surface area contributed by atoms with Crippen LogP contribution < -0.4 is 9.47 Å². The van der Waals surface area contributed by atoms with Crippen LogP contribution in [0.2, 0.25) is 0 Å². The predicted octanol–water partition coefficient (Wildman–Crippen LogP) is 16.0. The molecule has 0 spiro atoms. The molecule has 0 aliphatic carbocycles. The zero-order valence-corrected chi connectivity index (χ0v) is 44.2. The molecule has 0 amide bonds. The van der Waals surface area contributed by atoms with Crippen molar-refractivity contribution in [1.82, 2.24) is 4.31 Å². The van der Waals surface area contributed by atoms with Crippen LogP contribution in [0, 0.1) is 27.7 Å². The Morgan fingerprint density at radius 1 is 0.608 bits per heavy atom. The van der Waals surface area contributed by atoms with Gasteiger partial charge in [-0.1, -0.05) is 98.8 Å². The van der Waals surface area contributed by atoms with Gasteiger partial charge in [-0.05, 0) is 158 Å². The second-order valence-electron chi connectivity index (χ2n) is 18.3. The molecule has 0 aromatic heterocycles. The second-order valence-corrected chi connectivity index (χ2v) is 19.6. The van der Waals surface area contributed by atoms with E-state index in [2.05, 4.69) is 70.2 Å². The molecule has 6 aromatic rings. The van der Waals surface area contributed by atoms with E-state index in [4.69, 9.17) is 18.9 Å². The molecule has 74 heavy (non-hydrogen) atoms. The van der Waals surface area contributed by atoms with Crippen molar-refractivity contribution in [2.75, 3.05) is 26.3 Å². The lowest BCUT2D eigenvalue weighted by atomic mass is 9.90. The fraction of sp³-hybridized carbons (Fsp3) is 0.350. The Kier molecular flexibility index (Phi) is 19.7. The number of benzene rings is 6. The van der Waals surface area contributed by atoms with E-state index >= 15 is 8.78 Å². The summed E-state index contributed by atoms with van der Waals surface area (Å²) in [6.07, 6.45) is 0.153. The van der Waals surface area contributed by atoms with Crippen LogP contribution in [0.4, 0.5) is 20.4 Å². The second kappa shape index (κ2) is 25.6. The van der Waals surface area contributed by atoms with Crippen molar-refractivity contribution in [3.63, 3.8) is 0 Å². The third kappa shape index (κ3) is 14.6. The first-order valence-electron chi connectivity index (χ1n) is 25.1. The van der Waals surface area contributed by atoms with Crippen LogP contribution in [0.25, 0.3) is 22.3 Å². The number of carbonyl (C=O) groups is 3. The van der Waals surface area contributed by atoms with Crippen LogP contribution in [-0.4, -0.2) is 48.3 Å². The summed E-state index contributed by atoms with van der Waals surface area (Å²) in [6.45, 7) is 15.7. The number of alkyl halides is 2. The summed E-state index contributed by atoms with van der Waals surface area (Å²) in [5, 5.41) is 0. The fourth-order valence-corrected chi connectivity index (χ4v) is 9.95. The molecule has 0 saturated heterocycles. The summed E-state index contributed by atoms with van der Waals surface area (Å²) in [6, 6.07) is 38.8. The molecule has 0 fully saturated rings. The van der Waals surface area contributed by atoms with E-state index < -0.39 is 29.8 Å². The number of ketones is 1. The molecule has 2 atom stereocenters. The van der Waals surface area contributed by atoms with Gasteiger partial charge in [-0.15, -0.1) is 11.7 Å². The highest BCUT2D eigenvalue weighted by molar-refractivity contribution is 8.18. The fourth-order valence-electron chi connectivity index (χ4n) is 9.36. The van der Waals surface area contributed by atoms with E-state index in [0.29, 0.717) is 60.1 Å². The van der Waals surface area contributed by atoms with Gasteiger partial charge >= 0.3 is 11.9 Å². The number of hydrogen-bond acceptors (Lipinski definition) is 8. The molecule has 2 aliphatic heterocycles. The lowest BCUT2D eigenvalue weighted by Crippen LogP contribution is -2.27. The molecule has 2 aliphatic rings. The van der Waals surface area contributed by atoms with E-state index in [1.807, 2.05) is 60.7 Å². The van der Waals surface area contributed by atoms with Crippen LogP contribution in [-0.2, 0) is 37.8 Å². The number of ether oxygens (including phenoxy) is 4. The minimum Gasteiger partial charge on any atom is -0.485 e. The number of carbonyl (C=O) groups excluding carboxylic acids is 3. The Morgan fingerprint density at radius 2 is 1.05 bits per heavy atom. The van der Waals surface area contributed by atoms with Gasteiger partial charge in [-0.2, -0.15) is 4.31 Å². The normalized spacial score (nSPS) is 15.7. The van der Waals surface area contributed by atoms with Gasteiger partial charge in [0.05, 0.1) is 37.2 Å². The van der Waals surface area contributed by atoms with Gasteiger partial charge in [-0.3, -0.25) is 14.4 Å². The first-order valence-corrected chi connectivity index (χ1v) is 26.4. The maximum Gasteiger partial charge on any atom is 0.306 e. The highest BCUT2D eigenvalue weighted by Crippen LogP contribution is 2.56. The molecule has 2 heterocycles. The van der Waals surface area contributed by atoms with E-state index in [0.717, 1.165) is 44.5 Å². The van der Waals surface area contributed by atoms with E-state index in [1.165, 1.54) is 36.6 Å². The summed E-state index contributed by atoms with van der Waals surface area (Å²) >= 11 is -4.93. The Bertz CT molecular complexity index is 2880. The molecular weight excluding hydrogens is 974 g/mol. The van der Waals surface area contributed by atoms with Gasteiger partial charge < -0.3 is 18.9 Å². The molecule has 14 heteroatoms. The third-order valence-corrected chi connectivity index (χ3v) is 14.1. The quantitative estimate of drug-likeness (QED) is 0.0742. The summed E-state index contributed by atoms with van der Waals surface area (Å²) in [4.78, 5) is 36.2. The van der Waals surface area contributed by atoms with Crippen molar-refractivity contribution >= 4 is 29.1 Å². The maximum atomic E-state index is 15.2. The van der Waals surface area contributed by atoms with Gasteiger partial charge in [0.2, 0.25) is 0 Å². The number of fused-ring (bicyclic) bond motifs is 2. The zero-order valence-electron chi connectivity index (χ0n) is 43.4. The van der Waals surface area contributed by atoms with Crippen LogP contribution >= 0.6 is 11.4 Å². The first kappa shape index (κ1) is 56.8. The Labute approximate surface area is 434 Å². The largest absolute Gasteiger partial charge is 0.485 e. The number of esters is 2. The van der Waals surface area contributed by atoms with Crippen LogP contribution in [0.5, 0.6) is 11.5 Å². The number of aryl methyl sites for hydroxylation is 6. The Balaban J connectivity index is 0.000000207. The van der Waals surface area contributed by atoms with Crippen molar-refractivity contribution in [2.24, 2.45) is 0 Å². The van der Waals surface area contributed by atoms with Crippen molar-refractivity contribution in [1.29, 1.82) is 0 Å². The monoisotopic (exact) mass is 1040 g/mol. The molecule has 0 bridgehead atoms. The van der Waals surface area contributed by atoms with Gasteiger partial charge in [0, 0.05) is 25.9 Å². The zero-order chi connectivity index (χ0) is 53.7. The van der Waals surface area contributed by atoms with Crippen molar-refractivity contribution < 1.29 is 53.8 Å². The average Bonchev–Trinajstić information content (AvgIpc) is 3.36. The van der Waals surface area contributed by atoms with Crippen molar-refractivity contribution in [2.45, 2.75) is 112 Å². The highest BCUT2D eigenvalue weighted by Gasteiger charge is 2.43. The summed E-state index contributed by atoms with van der Waals surface area (Å²) < 4.78 is 88.3. The molecule has 394 valence electrons. The molecule has 0 radical (unpaired) electrons. The summed E-state index contributed by atoms with van der Waals surface area (Å²) in [5.41, 5.74) is 13.0. The highest BCUT2D eigenvalue weighted by atomic mass is 32.3. The van der Waals surface area contributed by atoms with Gasteiger partial charge in [0.15, 0.2) is 5.78 Å². The molecule has 8 nitrogen and oxygen atoms in total. The minimum atomic E-state index is -4.93. The SMILES string of the molecule is CCN(CC)S(F)(F)F.CCOC(=O)CCc1ccc2c(c1)C(=O)CC(c1cccc(-c3c(C)cccc3C)c1)O2.CCOC(=O)CCc1ccc2c(c1)C(F)(F)CC(c1cccc(-c3c(C)cccc3C)c1)O2. The molecule has 0 saturated carbocycles. The lowest BCUT2D eigenvalue weighted by molar-refractivity contribution is -0.144. The molecule has 2 unspecified atom stereocenters. The number of halogens is 5. The molecule has 6 aromatic carbocycles. The summed E-state index contributed by atoms with van der Waals surface area (Å²) in [7, 11) is 0. The van der Waals surface area contributed by atoms with Gasteiger partial charge in [0.25, 0.3) is 17.3 Å². The molecule has 8 rings (SSSR count). The molecular formula is C60H66F5NO7S. The van der Waals surface area contributed by atoms with Crippen LogP contribution in [0.1, 0.15) is 126 Å². The summed E-state index contributed by atoms with van der Waals surface area (Å²) in [5.74, 6) is -2.74.